The zero-order valence-electron chi connectivity index (χ0n) is 16.6. The van der Waals surface area contributed by atoms with Gasteiger partial charge in [0.15, 0.2) is 0 Å². The maximum atomic E-state index is 12.2. The lowest BCUT2D eigenvalue weighted by molar-refractivity contribution is -0.122. The smallest absolute Gasteiger partial charge is 0.234 e. The molecule has 0 radical (unpaired) electrons. The lowest BCUT2D eigenvalue weighted by atomic mass is 9.97. The van der Waals surface area contributed by atoms with Gasteiger partial charge in [-0.15, -0.1) is 11.3 Å². The number of nitrogens with one attached hydrogen (secondary N) is 1. The van der Waals surface area contributed by atoms with Gasteiger partial charge >= 0.3 is 0 Å². The molecule has 0 spiro atoms. The van der Waals surface area contributed by atoms with Crippen molar-refractivity contribution in [3.8, 4) is 11.5 Å². The maximum absolute atomic E-state index is 12.2. The molecule has 0 aliphatic carbocycles. The van der Waals surface area contributed by atoms with E-state index in [1.807, 2.05) is 38.1 Å². The van der Waals surface area contributed by atoms with Crippen LogP contribution in [0.5, 0.6) is 11.5 Å². The molecule has 1 N–H and O–H groups in total. The first-order chi connectivity index (χ1) is 13.6. The summed E-state index contributed by atoms with van der Waals surface area (Å²) in [4.78, 5) is 19.0. The monoisotopic (exact) mass is 403 g/mol. The molecule has 6 nitrogen and oxygen atoms in total. The van der Waals surface area contributed by atoms with Gasteiger partial charge in [-0.1, -0.05) is 0 Å². The first-order valence-electron chi connectivity index (χ1n) is 9.90. The van der Waals surface area contributed by atoms with E-state index in [4.69, 9.17) is 9.47 Å². The minimum absolute atomic E-state index is 0.0545. The van der Waals surface area contributed by atoms with Gasteiger partial charge < -0.3 is 14.8 Å². The molecule has 152 valence electrons. The highest BCUT2D eigenvalue weighted by molar-refractivity contribution is 7.09. The molecule has 1 aromatic heterocycles. The highest BCUT2D eigenvalue weighted by atomic mass is 32.1. The number of amides is 1. The number of thiazole rings is 1. The fourth-order valence-corrected chi connectivity index (χ4v) is 4.28. The predicted molar refractivity (Wildman–Crippen MR) is 111 cm³/mol. The van der Waals surface area contributed by atoms with Gasteiger partial charge in [-0.05, 0) is 64.0 Å². The van der Waals surface area contributed by atoms with Crippen LogP contribution in [0.4, 0.5) is 0 Å². The number of aromatic nitrogens is 1. The van der Waals surface area contributed by atoms with Crippen molar-refractivity contribution >= 4 is 17.2 Å². The predicted octanol–water partition coefficient (Wildman–Crippen LogP) is 3.22. The Balaban J connectivity index is 1.29. The summed E-state index contributed by atoms with van der Waals surface area (Å²) in [6.45, 7) is 7.93. The van der Waals surface area contributed by atoms with Crippen LogP contribution in [0.2, 0.25) is 0 Å². The third-order valence-electron chi connectivity index (χ3n) is 4.77. The maximum Gasteiger partial charge on any atom is 0.234 e. The fraction of sp³-hybridized carbons (Fsp3) is 0.524. The summed E-state index contributed by atoms with van der Waals surface area (Å²) in [7, 11) is 0. The van der Waals surface area contributed by atoms with Gasteiger partial charge in [-0.3, -0.25) is 9.69 Å². The van der Waals surface area contributed by atoms with Crippen molar-refractivity contribution in [2.75, 3.05) is 39.4 Å². The number of likely N-dealkylation sites (tertiary alicyclic amines) is 1. The van der Waals surface area contributed by atoms with E-state index in [1.54, 1.807) is 11.3 Å². The van der Waals surface area contributed by atoms with E-state index in [2.05, 4.69) is 20.6 Å². The standard InChI is InChI=1S/C21H29N3O3S/c1-3-26-18-4-6-19(7-5-18)27-13-10-22-20(25)14-24-11-8-17(9-12-24)21-23-16(2)15-28-21/h4-7,15,17H,3,8-14H2,1-2H3,(H,22,25). The summed E-state index contributed by atoms with van der Waals surface area (Å²) < 4.78 is 11.1. The number of piperidine rings is 1. The Morgan fingerprint density at radius 1 is 1.21 bits per heavy atom. The van der Waals surface area contributed by atoms with Gasteiger partial charge in [0.05, 0.1) is 24.7 Å². The zero-order chi connectivity index (χ0) is 19.8. The fourth-order valence-electron chi connectivity index (χ4n) is 3.31. The van der Waals surface area contributed by atoms with Crippen molar-refractivity contribution in [3.05, 3.63) is 40.3 Å². The van der Waals surface area contributed by atoms with Gasteiger partial charge in [-0.2, -0.15) is 0 Å². The summed E-state index contributed by atoms with van der Waals surface area (Å²) in [6.07, 6.45) is 2.14. The van der Waals surface area contributed by atoms with Crippen LogP contribution in [0.15, 0.2) is 29.6 Å². The van der Waals surface area contributed by atoms with E-state index in [9.17, 15) is 4.79 Å². The first-order valence-corrected chi connectivity index (χ1v) is 10.8. The number of aryl methyl sites for hydroxylation is 1. The number of nitrogens with zero attached hydrogens (tertiary/aromatic N) is 2. The number of rotatable bonds is 9. The zero-order valence-corrected chi connectivity index (χ0v) is 17.5. The van der Waals surface area contributed by atoms with Crippen molar-refractivity contribution in [1.82, 2.24) is 15.2 Å². The Morgan fingerprint density at radius 3 is 2.50 bits per heavy atom. The molecular formula is C21H29N3O3S. The Kier molecular flexibility index (Phi) is 7.68. The molecule has 0 bridgehead atoms. The van der Waals surface area contributed by atoms with Gasteiger partial charge in [0, 0.05) is 17.0 Å². The average molecular weight is 404 g/mol. The molecule has 1 aromatic carbocycles. The van der Waals surface area contributed by atoms with Gasteiger partial charge in [0.2, 0.25) is 5.91 Å². The molecule has 7 heteroatoms. The van der Waals surface area contributed by atoms with Gasteiger partial charge in [-0.25, -0.2) is 4.98 Å². The molecule has 1 aliphatic heterocycles. The molecule has 3 rings (SSSR count). The molecule has 28 heavy (non-hydrogen) atoms. The van der Waals surface area contributed by atoms with E-state index < -0.39 is 0 Å². The van der Waals surface area contributed by atoms with Crippen LogP contribution >= 0.6 is 11.3 Å². The number of carbonyl (C=O) groups is 1. The topological polar surface area (TPSA) is 63.7 Å². The highest BCUT2D eigenvalue weighted by Crippen LogP contribution is 2.29. The molecule has 2 heterocycles. The third-order valence-corrected chi connectivity index (χ3v) is 5.89. The molecule has 2 aromatic rings. The Morgan fingerprint density at radius 2 is 1.89 bits per heavy atom. The Labute approximate surface area is 170 Å². The van der Waals surface area contributed by atoms with E-state index in [0.717, 1.165) is 43.1 Å². The average Bonchev–Trinajstić information content (AvgIpc) is 3.14. The number of carbonyl (C=O) groups excluding carboxylic acids is 1. The van der Waals surface area contributed by atoms with E-state index in [0.29, 0.717) is 32.2 Å². The molecule has 0 saturated carbocycles. The van der Waals surface area contributed by atoms with Crippen LogP contribution in [0.1, 0.15) is 36.4 Å². The van der Waals surface area contributed by atoms with Crippen LogP contribution in [-0.2, 0) is 4.79 Å². The quantitative estimate of drug-likeness (QED) is 0.652. The minimum Gasteiger partial charge on any atom is -0.494 e. The largest absolute Gasteiger partial charge is 0.494 e. The van der Waals surface area contributed by atoms with Crippen LogP contribution in [0.25, 0.3) is 0 Å². The molecule has 1 amide bonds. The lowest BCUT2D eigenvalue weighted by Gasteiger charge is -2.30. The van der Waals surface area contributed by atoms with Gasteiger partial charge in [0.25, 0.3) is 0 Å². The molecular weight excluding hydrogens is 374 g/mol. The van der Waals surface area contributed by atoms with Crippen LogP contribution in [0, 0.1) is 6.92 Å². The molecule has 1 aliphatic rings. The van der Waals surface area contributed by atoms with Crippen molar-refractivity contribution in [1.29, 1.82) is 0 Å². The van der Waals surface area contributed by atoms with Crippen molar-refractivity contribution in [2.45, 2.75) is 32.6 Å². The lowest BCUT2D eigenvalue weighted by Crippen LogP contribution is -2.42. The van der Waals surface area contributed by atoms with Crippen molar-refractivity contribution in [2.24, 2.45) is 0 Å². The first kappa shape index (κ1) is 20.6. The second kappa shape index (κ2) is 10.4. The number of hydrogen-bond donors (Lipinski definition) is 1. The Hall–Kier alpha value is -2.12. The second-order valence-corrected chi connectivity index (χ2v) is 7.87. The Bertz CT molecular complexity index is 740. The van der Waals surface area contributed by atoms with Crippen LogP contribution in [0.3, 0.4) is 0 Å². The van der Waals surface area contributed by atoms with Crippen LogP contribution in [-0.4, -0.2) is 55.2 Å². The van der Waals surface area contributed by atoms with E-state index in [1.165, 1.54) is 5.01 Å². The van der Waals surface area contributed by atoms with E-state index >= 15 is 0 Å². The normalized spacial score (nSPS) is 15.4. The summed E-state index contributed by atoms with van der Waals surface area (Å²) in [5.41, 5.74) is 1.11. The number of benzene rings is 1. The van der Waals surface area contributed by atoms with Crippen molar-refractivity contribution < 1.29 is 14.3 Å². The minimum atomic E-state index is 0.0545. The van der Waals surface area contributed by atoms with E-state index in [-0.39, 0.29) is 5.91 Å². The number of ether oxygens (including phenoxy) is 2. The van der Waals surface area contributed by atoms with Gasteiger partial charge in [0.1, 0.15) is 18.1 Å². The van der Waals surface area contributed by atoms with Crippen LogP contribution < -0.4 is 14.8 Å². The SMILES string of the molecule is CCOc1ccc(OCCNC(=O)CN2CCC(c3nc(C)cs3)CC2)cc1. The summed E-state index contributed by atoms with van der Waals surface area (Å²) in [5, 5.41) is 6.30. The molecule has 1 saturated heterocycles. The molecule has 0 unspecified atom stereocenters. The number of hydrogen-bond acceptors (Lipinski definition) is 6. The second-order valence-electron chi connectivity index (χ2n) is 6.98. The summed E-state index contributed by atoms with van der Waals surface area (Å²) >= 11 is 1.76. The molecule has 1 fully saturated rings. The molecule has 0 atom stereocenters. The van der Waals surface area contributed by atoms with Crippen molar-refractivity contribution in [3.63, 3.8) is 0 Å². The third kappa shape index (κ3) is 6.21. The summed E-state index contributed by atoms with van der Waals surface area (Å²) in [5.74, 6) is 2.20. The summed E-state index contributed by atoms with van der Waals surface area (Å²) in [6, 6.07) is 7.52. The highest BCUT2D eigenvalue weighted by Gasteiger charge is 2.23.